The first-order valence-electron chi connectivity index (χ1n) is 10.4. The first-order chi connectivity index (χ1) is 15.7. The Labute approximate surface area is 192 Å². The molecule has 3 aromatic carbocycles. The van der Waals surface area contributed by atoms with E-state index in [1.54, 1.807) is 7.11 Å². The van der Waals surface area contributed by atoms with Gasteiger partial charge in [0, 0.05) is 10.9 Å². The fraction of sp³-hybridized carbons (Fsp3) is 0.154. The second-order valence-electron chi connectivity index (χ2n) is 7.34. The molecule has 1 atom stereocenters. The molecule has 4 aromatic rings. The molecule has 0 unspecified atom stereocenters. The van der Waals surface area contributed by atoms with Crippen molar-refractivity contribution in [3.8, 4) is 17.0 Å². The summed E-state index contributed by atoms with van der Waals surface area (Å²) < 4.78 is 5.57. The van der Waals surface area contributed by atoms with E-state index in [0.717, 1.165) is 27.6 Å². The molecule has 5 nitrogen and oxygen atoms in total. The minimum Gasteiger partial charge on any atom is -0.495 e. The van der Waals surface area contributed by atoms with Crippen molar-refractivity contribution >= 4 is 28.1 Å². The summed E-state index contributed by atoms with van der Waals surface area (Å²) in [5.74, 6) is 0.594. The number of rotatable bonds is 8. The summed E-state index contributed by atoms with van der Waals surface area (Å²) in [5, 5.41) is 5.84. The summed E-state index contributed by atoms with van der Waals surface area (Å²) in [7, 11) is 1.63. The summed E-state index contributed by atoms with van der Waals surface area (Å²) in [5.41, 5.74) is 3.78. The van der Waals surface area contributed by atoms with Gasteiger partial charge in [-0.25, -0.2) is 4.98 Å². The lowest BCUT2D eigenvalue weighted by Gasteiger charge is -2.24. The highest BCUT2D eigenvalue weighted by molar-refractivity contribution is 7.14. The third kappa shape index (κ3) is 4.98. The van der Waals surface area contributed by atoms with Crippen LogP contribution < -0.4 is 15.0 Å². The van der Waals surface area contributed by atoms with Crippen LogP contribution in [0.3, 0.4) is 0 Å². The van der Waals surface area contributed by atoms with Crippen molar-refractivity contribution in [3.05, 3.63) is 95.9 Å². The Morgan fingerprint density at radius 2 is 1.66 bits per heavy atom. The van der Waals surface area contributed by atoms with Gasteiger partial charge in [-0.3, -0.25) is 4.79 Å². The van der Waals surface area contributed by atoms with Gasteiger partial charge in [0.2, 0.25) is 5.91 Å². The summed E-state index contributed by atoms with van der Waals surface area (Å²) in [6.07, 6.45) is 0. The van der Waals surface area contributed by atoms with Crippen LogP contribution in [-0.2, 0) is 4.79 Å². The lowest BCUT2D eigenvalue weighted by Crippen LogP contribution is -2.36. The number of hydrogen-bond donors (Lipinski definition) is 1. The molecule has 1 amide bonds. The summed E-state index contributed by atoms with van der Waals surface area (Å²) >= 11 is 1.50. The van der Waals surface area contributed by atoms with Gasteiger partial charge in [-0.2, -0.15) is 0 Å². The molecule has 1 N–H and O–H groups in total. The molecule has 32 heavy (non-hydrogen) atoms. The molecule has 0 aliphatic heterocycles. The number of benzene rings is 3. The van der Waals surface area contributed by atoms with E-state index >= 15 is 0 Å². The highest BCUT2D eigenvalue weighted by Gasteiger charge is 2.21. The number of anilines is 2. The number of carbonyl (C=O) groups is 1. The first-order valence-corrected chi connectivity index (χ1v) is 11.3. The van der Waals surface area contributed by atoms with Gasteiger partial charge in [-0.15, -0.1) is 11.3 Å². The third-order valence-corrected chi connectivity index (χ3v) is 6.01. The van der Waals surface area contributed by atoms with Crippen molar-refractivity contribution in [2.75, 3.05) is 18.6 Å². The van der Waals surface area contributed by atoms with Crippen LogP contribution in [0.4, 0.5) is 10.8 Å². The number of aromatic nitrogens is 1. The third-order valence-electron chi connectivity index (χ3n) is 5.15. The van der Waals surface area contributed by atoms with Crippen LogP contribution in [0.1, 0.15) is 18.5 Å². The standard InChI is InChI=1S/C26H25N3O2S/c1-19(20-11-5-3-6-12-20)27-25(30)17-29(23-15-9-10-16-24(23)31-2)26-28-22(18-32-26)21-13-7-4-8-14-21/h3-16,18-19H,17H2,1-2H3,(H,27,30)/t19-/m0/s1. The first kappa shape index (κ1) is 21.6. The van der Waals surface area contributed by atoms with Crippen LogP contribution in [0.2, 0.25) is 0 Å². The van der Waals surface area contributed by atoms with Gasteiger partial charge in [0.25, 0.3) is 0 Å². The lowest BCUT2D eigenvalue weighted by molar-refractivity contribution is -0.120. The fourth-order valence-electron chi connectivity index (χ4n) is 3.49. The van der Waals surface area contributed by atoms with Gasteiger partial charge in [0.15, 0.2) is 5.13 Å². The Kier molecular flexibility index (Phi) is 6.82. The number of carbonyl (C=O) groups excluding carboxylic acids is 1. The average Bonchev–Trinajstić information content (AvgIpc) is 3.34. The smallest absolute Gasteiger partial charge is 0.240 e. The van der Waals surface area contributed by atoms with Gasteiger partial charge < -0.3 is 15.0 Å². The fourth-order valence-corrected chi connectivity index (χ4v) is 4.34. The highest BCUT2D eigenvalue weighted by Crippen LogP contribution is 2.36. The van der Waals surface area contributed by atoms with E-state index in [0.29, 0.717) is 5.75 Å². The second kappa shape index (κ2) is 10.1. The molecular weight excluding hydrogens is 418 g/mol. The molecular formula is C26H25N3O2S. The van der Waals surface area contributed by atoms with Crippen molar-refractivity contribution in [1.82, 2.24) is 10.3 Å². The van der Waals surface area contributed by atoms with E-state index in [4.69, 9.17) is 9.72 Å². The zero-order chi connectivity index (χ0) is 22.3. The number of methoxy groups -OCH3 is 1. The predicted molar refractivity (Wildman–Crippen MR) is 131 cm³/mol. The summed E-state index contributed by atoms with van der Waals surface area (Å²) in [6, 6.07) is 27.5. The number of hydrogen-bond acceptors (Lipinski definition) is 5. The lowest BCUT2D eigenvalue weighted by atomic mass is 10.1. The van der Waals surface area contributed by atoms with Crippen molar-refractivity contribution in [2.45, 2.75) is 13.0 Å². The second-order valence-corrected chi connectivity index (χ2v) is 8.18. The Morgan fingerprint density at radius 1 is 1.00 bits per heavy atom. The van der Waals surface area contributed by atoms with E-state index in [1.807, 2.05) is 102 Å². The van der Waals surface area contributed by atoms with E-state index in [1.165, 1.54) is 11.3 Å². The Bertz CT molecular complexity index is 1160. The van der Waals surface area contributed by atoms with Gasteiger partial charge in [-0.1, -0.05) is 72.8 Å². The summed E-state index contributed by atoms with van der Waals surface area (Å²) in [4.78, 5) is 19.8. The van der Waals surface area contributed by atoms with Crippen molar-refractivity contribution < 1.29 is 9.53 Å². The maximum Gasteiger partial charge on any atom is 0.240 e. The van der Waals surface area contributed by atoms with Crippen LogP contribution in [0.15, 0.2) is 90.3 Å². The number of thiazole rings is 1. The predicted octanol–water partition coefficient (Wildman–Crippen LogP) is 5.83. The monoisotopic (exact) mass is 443 g/mol. The molecule has 6 heteroatoms. The van der Waals surface area contributed by atoms with E-state index in [2.05, 4.69) is 5.32 Å². The van der Waals surface area contributed by atoms with Crippen molar-refractivity contribution in [2.24, 2.45) is 0 Å². The van der Waals surface area contributed by atoms with Crippen LogP contribution in [0.5, 0.6) is 5.75 Å². The molecule has 162 valence electrons. The number of ether oxygens (including phenoxy) is 1. The normalized spacial score (nSPS) is 11.6. The molecule has 0 spiro atoms. The average molecular weight is 444 g/mol. The Hall–Kier alpha value is -3.64. The molecule has 1 heterocycles. The van der Waals surface area contributed by atoms with Crippen molar-refractivity contribution in [3.63, 3.8) is 0 Å². The minimum atomic E-state index is -0.0978. The quantitative estimate of drug-likeness (QED) is 0.372. The molecule has 0 bridgehead atoms. The largest absolute Gasteiger partial charge is 0.495 e. The zero-order valence-corrected chi connectivity index (χ0v) is 18.9. The number of nitrogens with zero attached hydrogens (tertiary/aromatic N) is 2. The van der Waals surface area contributed by atoms with Gasteiger partial charge in [0.05, 0.1) is 24.5 Å². The Balaban J connectivity index is 1.62. The molecule has 1 aromatic heterocycles. The molecule has 0 fully saturated rings. The molecule has 4 rings (SSSR count). The molecule has 0 saturated heterocycles. The van der Waals surface area contributed by atoms with Crippen molar-refractivity contribution in [1.29, 1.82) is 0 Å². The summed E-state index contributed by atoms with van der Waals surface area (Å²) in [6.45, 7) is 2.11. The number of amides is 1. The zero-order valence-electron chi connectivity index (χ0n) is 18.1. The van der Waals surface area contributed by atoms with Gasteiger partial charge in [0.1, 0.15) is 12.3 Å². The number of nitrogens with one attached hydrogen (secondary N) is 1. The van der Waals surface area contributed by atoms with E-state index < -0.39 is 0 Å². The Morgan fingerprint density at radius 3 is 2.38 bits per heavy atom. The molecule has 0 saturated carbocycles. The maximum atomic E-state index is 13.0. The minimum absolute atomic E-state index is 0.0938. The van der Waals surface area contributed by atoms with E-state index in [9.17, 15) is 4.79 Å². The molecule has 0 aliphatic rings. The SMILES string of the molecule is COc1ccccc1N(CC(=O)N[C@@H](C)c1ccccc1)c1nc(-c2ccccc2)cs1. The van der Waals surface area contributed by atoms with Crippen LogP contribution >= 0.6 is 11.3 Å². The van der Waals surface area contributed by atoms with Crippen LogP contribution in [0, 0.1) is 0 Å². The molecule has 0 aliphatic carbocycles. The van der Waals surface area contributed by atoms with E-state index in [-0.39, 0.29) is 18.5 Å². The number of para-hydroxylation sites is 2. The van der Waals surface area contributed by atoms with Crippen LogP contribution in [0.25, 0.3) is 11.3 Å². The van der Waals surface area contributed by atoms with Gasteiger partial charge in [-0.05, 0) is 24.6 Å². The van der Waals surface area contributed by atoms with Gasteiger partial charge >= 0.3 is 0 Å². The topological polar surface area (TPSA) is 54.5 Å². The van der Waals surface area contributed by atoms with Crippen LogP contribution in [-0.4, -0.2) is 24.5 Å². The molecule has 0 radical (unpaired) electrons. The highest BCUT2D eigenvalue weighted by atomic mass is 32.1. The maximum absolute atomic E-state index is 13.0.